The summed E-state index contributed by atoms with van der Waals surface area (Å²) in [6.45, 7) is 7.41. The molecule has 0 aromatic heterocycles. The van der Waals surface area contributed by atoms with Crippen molar-refractivity contribution in [3.05, 3.63) is 0 Å². The molecule has 5 heteroatoms. The Balaban J connectivity index is 2.31. The maximum absolute atomic E-state index is 12.0. The molecule has 0 aliphatic carbocycles. The molecule has 2 N–H and O–H groups in total. The summed E-state index contributed by atoms with van der Waals surface area (Å²) in [5.41, 5.74) is 0. The van der Waals surface area contributed by atoms with Gasteiger partial charge in [-0.05, 0) is 24.7 Å². The molecule has 110 valence electrons. The van der Waals surface area contributed by atoms with E-state index in [9.17, 15) is 9.59 Å². The highest BCUT2D eigenvalue weighted by atomic mass is 16.4. The van der Waals surface area contributed by atoms with Crippen molar-refractivity contribution < 1.29 is 14.7 Å². The second kappa shape index (κ2) is 7.36. The number of unbranched alkanes of at least 4 members (excludes halogenated alkanes) is 1. The van der Waals surface area contributed by atoms with Gasteiger partial charge >= 0.3 is 12.0 Å². The van der Waals surface area contributed by atoms with E-state index in [1.165, 1.54) is 4.90 Å². The van der Waals surface area contributed by atoms with E-state index in [2.05, 4.69) is 19.2 Å². The van der Waals surface area contributed by atoms with Gasteiger partial charge in [0.05, 0.1) is 0 Å². The van der Waals surface area contributed by atoms with Gasteiger partial charge in [0.2, 0.25) is 0 Å². The summed E-state index contributed by atoms with van der Waals surface area (Å²) >= 11 is 0. The first kappa shape index (κ1) is 15.8. The van der Waals surface area contributed by atoms with Gasteiger partial charge in [0, 0.05) is 13.1 Å². The fourth-order valence-corrected chi connectivity index (χ4v) is 2.53. The molecule has 1 heterocycles. The van der Waals surface area contributed by atoms with Gasteiger partial charge in [-0.1, -0.05) is 33.6 Å². The minimum Gasteiger partial charge on any atom is -0.480 e. The number of aliphatic carboxylic acids is 1. The first-order chi connectivity index (χ1) is 8.93. The second-order valence-corrected chi connectivity index (χ2v) is 5.86. The lowest BCUT2D eigenvalue weighted by molar-refractivity contribution is -0.142. The number of hydrogen-bond donors (Lipinski definition) is 2. The first-order valence-electron chi connectivity index (χ1n) is 7.20. The predicted molar refractivity (Wildman–Crippen MR) is 74.0 cm³/mol. The van der Waals surface area contributed by atoms with Crippen LogP contribution in [0.1, 0.15) is 46.5 Å². The van der Waals surface area contributed by atoms with Gasteiger partial charge in [0.25, 0.3) is 0 Å². The summed E-state index contributed by atoms with van der Waals surface area (Å²) in [6, 6.07) is -0.906. The quantitative estimate of drug-likeness (QED) is 0.728. The van der Waals surface area contributed by atoms with Crippen LogP contribution in [0, 0.1) is 11.8 Å². The number of carboxylic acid groups (broad SMARTS) is 1. The van der Waals surface area contributed by atoms with Gasteiger partial charge in [-0.2, -0.15) is 0 Å². The number of rotatable bonds is 6. The zero-order chi connectivity index (χ0) is 14.4. The summed E-state index contributed by atoms with van der Waals surface area (Å²) in [5, 5.41) is 12.0. The fourth-order valence-electron chi connectivity index (χ4n) is 2.53. The van der Waals surface area contributed by atoms with E-state index in [0.29, 0.717) is 19.0 Å². The van der Waals surface area contributed by atoms with E-state index in [4.69, 9.17) is 5.11 Å². The normalized spacial score (nSPS) is 22.8. The maximum atomic E-state index is 12.0. The lowest BCUT2D eigenvalue weighted by Gasteiger charge is -2.23. The summed E-state index contributed by atoms with van der Waals surface area (Å²) in [7, 11) is 0. The highest BCUT2D eigenvalue weighted by Crippen LogP contribution is 2.23. The fraction of sp³-hybridized carbons (Fsp3) is 0.857. The van der Waals surface area contributed by atoms with Gasteiger partial charge in [-0.3, -0.25) is 0 Å². The van der Waals surface area contributed by atoms with Crippen LogP contribution < -0.4 is 5.32 Å². The number of carbonyl (C=O) groups excluding carboxylic acids is 1. The Hall–Kier alpha value is -1.26. The highest BCUT2D eigenvalue weighted by molar-refractivity contribution is 5.83. The smallest absolute Gasteiger partial charge is 0.326 e. The number of urea groups is 1. The summed E-state index contributed by atoms with van der Waals surface area (Å²) in [4.78, 5) is 24.6. The summed E-state index contributed by atoms with van der Waals surface area (Å²) < 4.78 is 0. The molecule has 0 bridgehead atoms. The highest BCUT2D eigenvalue weighted by Gasteiger charge is 2.39. The zero-order valence-electron chi connectivity index (χ0n) is 12.2. The van der Waals surface area contributed by atoms with Crippen LogP contribution in [-0.2, 0) is 4.79 Å². The maximum Gasteiger partial charge on any atom is 0.326 e. The van der Waals surface area contributed by atoms with Crippen molar-refractivity contribution in [3.8, 4) is 0 Å². The van der Waals surface area contributed by atoms with Gasteiger partial charge in [-0.15, -0.1) is 0 Å². The largest absolute Gasteiger partial charge is 0.480 e. The molecule has 0 spiro atoms. The van der Waals surface area contributed by atoms with E-state index in [1.807, 2.05) is 6.92 Å². The monoisotopic (exact) mass is 270 g/mol. The van der Waals surface area contributed by atoms with Crippen LogP contribution in [0.5, 0.6) is 0 Å². The SMILES string of the molecule is CC(C)CCCCNC(=O)N1CCC(C)C1C(=O)O. The number of nitrogens with one attached hydrogen (secondary N) is 1. The van der Waals surface area contributed by atoms with Crippen molar-refractivity contribution in [1.29, 1.82) is 0 Å². The van der Waals surface area contributed by atoms with Crippen LogP contribution in [0.25, 0.3) is 0 Å². The molecule has 1 aliphatic rings. The van der Waals surface area contributed by atoms with Crippen LogP contribution in [0.4, 0.5) is 4.79 Å². The third-order valence-electron chi connectivity index (χ3n) is 3.70. The Morgan fingerprint density at radius 2 is 2.05 bits per heavy atom. The molecule has 2 amide bonds. The molecule has 0 radical (unpaired) electrons. The van der Waals surface area contributed by atoms with Gasteiger partial charge in [0.1, 0.15) is 6.04 Å². The van der Waals surface area contributed by atoms with E-state index in [-0.39, 0.29) is 11.9 Å². The third-order valence-corrected chi connectivity index (χ3v) is 3.70. The van der Waals surface area contributed by atoms with Crippen LogP contribution >= 0.6 is 0 Å². The van der Waals surface area contributed by atoms with Crippen LogP contribution in [-0.4, -0.2) is 41.1 Å². The predicted octanol–water partition coefficient (Wildman–Crippen LogP) is 2.32. The van der Waals surface area contributed by atoms with Crippen molar-refractivity contribution >= 4 is 12.0 Å². The number of hydrogen-bond acceptors (Lipinski definition) is 2. The number of amides is 2. The Bertz CT molecular complexity index is 318. The molecular weight excluding hydrogens is 244 g/mol. The van der Waals surface area contributed by atoms with E-state index in [0.717, 1.165) is 25.7 Å². The molecule has 1 saturated heterocycles. The van der Waals surface area contributed by atoms with Crippen molar-refractivity contribution in [2.45, 2.75) is 52.5 Å². The first-order valence-corrected chi connectivity index (χ1v) is 7.20. The molecule has 2 atom stereocenters. The number of likely N-dealkylation sites (tertiary alicyclic amines) is 1. The molecule has 2 unspecified atom stereocenters. The third kappa shape index (κ3) is 4.73. The summed E-state index contributed by atoms with van der Waals surface area (Å²) in [6.07, 6.45) is 3.97. The average Bonchev–Trinajstić information content (AvgIpc) is 2.70. The van der Waals surface area contributed by atoms with Gasteiger partial charge < -0.3 is 15.3 Å². The average molecular weight is 270 g/mol. The molecule has 0 aromatic carbocycles. The standard InChI is InChI=1S/C14H26N2O3/c1-10(2)6-4-5-8-15-14(19)16-9-7-11(3)12(16)13(17)18/h10-12H,4-9H2,1-3H3,(H,15,19)(H,17,18). The Labute approximate surface area is 115 Å². The molecule has 0 aromatic rings. The van der Waals surface area contributed by atoms with Crippen LogP contribution in [0.2, 0.25) is 0 Å². The topological polar surface area (TPSA) is 69.6 Å². The van der Waals surface area contributed by atoms with Crippen molar-refractivity contribution in [2.24, 2.45) is 11.8 Å². The minimum absolute atomic E-state index is 0.0317. The number of carboxylic acids is 1. The molecular formula is C14H26N2O3. The van der Waals surface area contributed by atoms with Crippen molar-refractivity contribution in [1.82, 2.24) is 10.2 Å². The molecule has 1 aliphatic heterocycles. The van der Waals surface area contributed by atoms with Crippen LogP contribution in [0.3, 0.4) is 0 Å². The van der Waals surface area contributed by atoms with E-state index in [1.54, 1.807) is 0 Å². The second-order valence-electron chi connectivity index (χ2n) is 5.86. The zero-order valence-corrected chi connectivity index (χ0v) is 12.2. The Morgan fingerprint density at radius 3 is 2.63 bits per heavy atom. The number of nitrogens with zero attached hydrogens (tertiary/aromatic N) is 1. The van der Waals surface area contributed by atoms with Crippen LogP contribution in [0.15, 0.2) is 0 Å². The molecule has 1 fully saturated rings. The van der Waals surface area contributed by atoms with Gasteiger partial charge in [0.15, 0.2) is 0 Å². The van der Waals surface area contributed by atoms with Gasteiger partial charge in [-0.25, -0.2) is 9.59 Å². The minimum atomic E-state index is -0.903. The van der Waals surface area contributed by atoms with Crippen molar-refractivity contribution in [2.75, 3.05) is 13.1 Å². The lowest BCUT2D eigenvalue weighted by Crippen LogP contribution is -2.47. The summed E-state index contributed by atoms with van der Waals surface area (Å²) in [5.74, 6) is -0.185. The van der Waals surface area contributed by atoms with Crippen molar-refractivity contribution in [3.63, 3.8) is 0 Å². The van der Waals surface area contributed by atoms with E-state index >= 15 is 0 Å². The Kier molecular flexibility index (Phi) is 6.12. The van der Waals surface area contributed by atoms with E-state index < -0.39 is 12.0 Å². The Morgan fingerprint density at radius 1 is 1.37 bits per heavy atom. The molecule has 1 rings (SSSR count). The lowest BCUT2D eigenvalue weighted by atomic mass is 10.0. The number of carbonyl (C=O) groups is 2. The molecule has 19 heavy (non-hydrogen) atoms. The molecule has 5 nitrogen and oxygen atoms in total. The molecule has 0 saturated carbocycles.